The van der Waals surface area contributed by atoms with Gasteiger partial charge in [0.05, 0.1) is 0 Å². The molecule has 0 aromatic carbocycles. The smallest absolute Gasteiger partial charge is 0.410 e. The van der Waals surface area contributed by atoms with E-state index in [1.807, 2.05) is 27.7 Å². The SMILES string of the molecule is C=CCOC(=O)N1CCC(C(=O)NCC)(N(CCC)C(=O)C(CC(C)C)NC(=O)OC(C)(C)C)CC1. The molecule has 1 unspecified atom stereocenters. The third kappa shape index (κ3) is 9.02. The van der Waals surface area contributed by atoms with Crippen LogP contribution in [0.3, 0.4) is 0 Å². The van der Waals surface area contributed by atoms with Crippen molar-refractivity contribution in [1.29, 1.82) is 0 Å². The molecule has 0 radical (unpaired) electrons. The maximum absolute atomic E-state index is 14.0. The molecule has 0 aliphatic carbocycles. The average Bonchev–Trinajstić information content (AvgIpc) is 2.78. The number of carbonyl (C=O) groups excluding carboxylic acids is 4. The van der Waals surface area contributed by atoms with Gasteiger partial charge in [-0.05, 0) is 59.3 Å². The van der Waals surface area contributed by atoms with Crippen molar-refractivity contribution < 1.29 is 28.7 Å². The first-order chi connectivity index (χ1) is 16.8. The lowest BCUT2D eigenvalue weighted by Gasteiger charge is -2.48. The van der Waals surface area contributed by atoms with Gasteiger partial charge in [0.2, 0.25) is 11.8 Å². The van der Waals surface area contributed by atoms with Crippen LogP contribution >= 0.6 is 0 Å². The Morgan fingerprint density at radius 2 is 1.75 bits per heavy atom. The van der Waals surface area contributed by atoms with Crippen molar-refractivity contribution in [1.82, 2.24) is 20.4 Å². The molecule has 36 heavy (non-hydrogen) atoms. The van der Waals surface area contributed by atoms with Gasteiger partial charge in [0, 0.05) is 26.2 Å². The molecule has 0 bridgehead atoms. The predicted molar refractivity (Wildman–Crippen MR) is 138 cm³/mol. The first kappa shape index (κ1) is 31.3. The zero-order valence-electron chi connectivity index (χ0n) is 23.1. The van der Waals surface area contributed by atoms with E-state index in [1.165, 1.54) is 6.08 Å². The quantitative estimate of drug-likeness (QED) is 0.411. The summed E-state index contributed by atoms with van der Waals surface area (Å²) < 4.78 is 10.6. The number of nitrogens with one attached hydrogen (secondary N) is 2. The fraction of sp³-hybridized carbons (Fsp3) is 0.769. The molecule has 0 aromatic rings. The van der Waals surface area contributed by atoms with E-state index in [1.54, 1.807) is 30.6 Å². The van der Waals surface area contributed by atoms with Gasteiger partial charge in [0.25, 0.3) is 0 Å². The number of carbonyl (C=O) groups is 4. The summed E-state index contributed by atoms with van der Waals surface area (Å²) in [6.45, 7) is 17.9. The minimum Gasteiger partial charge on any atom is -0.445 e. The Balaban J connectivity index is 3.30. The fourth-order valence-corrected chi connectivity index (χ4v) is 4.31. The third-order valence-electron chi connectivity index (χ3n) is 5.86. The van der Waals surface area contributed by atoms with Crippen molar-refractivity contribution in [3.05, 3.63) is 12.7 Å². The largest absolute Gasteiger partial charge is 0.445 e. The number of hydrogen-bond acceptors (Lipinski definition) is 6. The van der Waals surface area contributed by atoms with Crippen LogP contribution in [-0.2, 0) is 19.1 Å². The van der Waals surface area contributed by atoms with Gasteiger partial charge in [0.1, 0.15) is 23.8 Å². The number of ether oxygens (including phenoxy) is 2. The summed E-state index contributed by atoms with van der Waals surface area (Å²) in [4.78, 5) is 55.6. The van der Waals surface area contributed by atoms with Crippen LogP contribution in [0.1, 0.15) is 74.1 Å². The number of rotatable bonds is 11. The molecule has 1 rings (SSSR count). The van der Waals surface area contributed by atoms with E-state index in [0.717, 1.165) is 0 Å². The zero-order chi connectivity index (χ0) is 27.5. The first-order valence-electron chi connectivity index (χ1n) is 12.9. The Morgan fingerprint density at radius 1 is 1.14 bits per heavy atom. The van der Waals surface area contributed by atoms with Gasteiger partial charge in [-0.2, -0.15) is 0 Å². The Hall–Kier alpha value is -2.78. The van der Waals surface area contributed by atoms with Crippen molar-refractivity contribution >= 4 is 24.0 Å². The number of amides is 4. The molecule has 10 heteroatoms. The summed E-state index contributed by atoms with van der Waals surface area (Å²) >= 11 is 0. The molecule has 0 spiro atoms. The molecule has 0 saturated carbocycles. The summed E-state index contributed by atoms with van der Waals surface area (Å²) in [6, 6.07) is -0.853. The van der Waals surface area contributed by atoms with Crippen molar-refractivity contribution in [3.8, 4) is 0 Å². The molecule has 1 aliphatic rings. The van der Waals surface area contributed by atoms with E-state index in [2.05, 4.69) is 17.2 Å². The van der Waals surface area contributed by atoms with Gasteiger partial charge in [0.15, 0.2) is 0 Å². The molecule has 1 aliphatic heterocycles. The minimum atomic E-state index is -1.15. The van der Waals surface area contributed by atoms with Crippen LogP contribution in [0.2, 0.25) is 0 Å². The predicted octanol–water partition coefficient (Wildman–Crippen LogP) is 3.46. The number of hydrogen-bond donors (Lipinski definition) is 2. The van der Waals surface area contributed by atoms with Gasteiger partial charge < -0.3 is 29.9 Å². The molecular formula is C26H46N4O6. The number of likely N-dealkylation sites (N-methyl/N-ethyl adjacent to an activating group) is 1. The number of nitrogens with zero attached hydrogens (tertiary/aromatic N) is 2. The molecule has 1 fully saturated rings. The van der Waals surface area contributed by atoms with Gasteiger partial charge in [-0.15, -0.1) is 0 Å². The van der Waals surface area contributed by atoms with Crippen LogP contribution in [0, 0.1) is 5.92 Å². The molecule has 206 valence electrons. The van der Waals surface area contributed by atoms with Gasteiger partial charge in [-0.25, -0.2) is 9.59 Å². The van der Waals surface area contributed by atoms with Crippen molar-refractivity contribution in [2.24, 2.45) is 5.92 Å². The van der Waals surface area contributed by atoms with Crippen LogP contribution in [0.4, 0.5) is 9.59 Å². The second-order valence-electron chi connectivity index (χ2n) is 10.6. The Labute approximate surface area is 216 Å². The second-order valence-corrected chi connectivity index (χ2v) is 10.6. The van der Waals surface area contributed by atoms with Gasteiger partial charge in [-0.1, -0.05) is 33.4 Å². The van der Waals surface area contributed by atoms with E-state index >= 15 is 0 Å². The lowest BCUT2D eigenvalue weighted by atomic mass is 9.83. The summed E-state index contributed by atoms with van der Waals surface area (Å²) in [5, 5.41) is 5.63. The van der Waals surface area contributed by atoms with E-state index in [0.29, 0.717) is 25.9 Å². The lowest BCUT2D eigenvalue weighted by Crippen LogP contribution is -2.67. The Kier molecular flexibility index (Phi) is 12.2. The van der Waals surface area contributed by atoms with Crippen LogP contribution in [0.15, 0.2) is 12.7 Å². The van der Waals surface area contributed by atoms with Gasteiger partial charge in [-0.3, -0.25) is 9.59 Å². The molecule has 2 N–H and O–H groups in total. The first-order valence-corrected chi connectivity index (χ1v) is 12.9. The standard InChI is InChI=1S/C26H46N4O6/c1-9-14-30(21(31)20(18-19(4)5)28-23(33)36-25(6,7)8)26(22(32)27-11-3)12-15-29(16-13-26)24(34)35-17-10-2/h10,19-20H,2,9,11-18H2,1,3-8H3,(H,27,32)(H,28,33). The molecule has 1 atom stereocenters. The maximum atomic E-state index is 14.0. The minimum absolute atomic E-state index is 0.102. The lowest BCUT2D eigenvalue weighted by molar-refractivity contribution is -0.153. The van der Waals surface area contributed by atoms with Crippen molar-refractivity contribution in [2.45, 2.75) is 91.3 Å². The molecule has 4 amide bonds. The third-order valence-corrected chi connectivity index (χ3v) is 5.86. The average molecular weight is 511 g/mol. The molecule has 1 saturated heterocycles. The van der Waals surface area contributed by atoms with Crippen LogP contribution in [0.25, 0.3) is 0 Å². The van der Waals surface area contributed by atoms with E-state index in [4.69, 9.17) is 9.47 Å². The Morgan fingerprint density at radius 3 is 2.22 bits per heavy atom. The molecule has 0 aromatic heterocycles. The monoisotopic (exact) mass is 510 g/mol. The normalized spacial score (nSPS) is 16.1. The van der Waals surface area contributed by atoms with E-state index in [9.17, 15) is 19.2 Å². The summed E-state index contributed by atoms with van der Waals surface area (Å²) in [7, 11) is 0. The van der Waals surface area contributed by atoms with Crippen molar-refractivity contribution in [3.63, 3.8) is 0 Å². The number of likely N-dealkylation sites (tertiary alicyclic amines) is 1. The Bertz CT molecular complexity index is 769. The highest BCUT2D eigenvalue weighted by Gasteiger charge is 2.50. The zero-order valence-corrected chi connectivity index (χ0v) is 23.1. The van der Waals surface area contributed by atoms with Crippen LogP contribution in [-0.4, -0.2) is 83.8 Å². The fourth-order valence-electron chi connectivity index (χ4n) is 4.31. The summed E-state index contributed by atoms with van der Waals surface area (Å²) in [5.41, 5.74) is -1.86. The topological polar surface area (TPSA) is 117 Å². The highest BCUT2D eigenvalue weighted by Crippen LogP contribution is 2.32. The molecule has 10 nitrogen and oxygen atoms in total. The number of piperidine rings is 1. The highest BCUT2D eigenvalue weighted by atomic mass is 16.6. The number of alkyl carbamates (subject to hydrolysis) is 1. The van der Waals surface area contributed by atoms with E-state index < -0.39 is 29.4 Å². The highest BCUT2D eigenvalue weighted by molar-refractivity contribution is 5.94. The maximum Gasteiger partial charge on any atom is 0.410 e. The van der Waals surface area contributed by atoms with Crippen LogP contribution in [0.5, 0.6) is 0 Å². The summed E-state index contributed by atoms with van der Waals surface area (Å²) in [5.74, 6) is -0.476. The summed E-state index contributed by atoms with van der Waals surface area (Å²) in [6.07, 6.45) is 1.88. The molecule has 1 heterocycles. The van der Waals surface area contributed by atoms with Gasteiger partial charge >= 0.3 is 12.2 Å². The second kappa shape index (κ2) is 14.1. The van der Waals surface area contributed by atoms with Crippen LogP contribution < -0.4 is 10.6 Å². The van der Waals surface area contributed by atoms with E-state index in [-0.39, 0.29) is 50.3 Å². The van der Waals surface area contributed by atoms with Crippen molar-refractivity contribution in [2.75, 3.05) is 32.8 Å². The molecular weight excluding hydrogens is 464 g/mol.